The van der Waals surface area contributed by atoms with Crippen molar-refractivity contribution in [2.75, 3.05) is 4.31 Å². The van der Waals surface area contributed by atoms with Crippen molar-refractivity contribution in [3.05, 3.63) is 94.3 Å². The van der Waals surface area contributed by atoms with Gasteiger partial charge < -0.3 is 0 Å². The normalized spacial score (nSPS) is 11.4. The molecule has 3 rings (SSSR count). The summed E-state index contributed by atoms with van der Waals surface area (Å²) in [5.74, 6) is -0.542. The molecule has 0 saturated heterocycles. The van der Waals surface area contributed by atoms with Crippen LogP contribution in [0, 0.1) is 19.7 Å². The van der Waals surface area contributed by atoms with Crippen molar-refractivity contribution in [2.45, 2.75) is 25.3 Å². The first-order valence-electron chi connectivity index (χ1n) is 8.38. The predicted octanol–water partition coefficient (Wildman–Crippen LogP) is 5.49. The molecule has 0 aliphatic heterocycles. The number of benzene rings is 3. The fourth-order valence-corrected chi connectivity index (χ4v) is 4.41. The number of halogens is 2. The average Bonchev–Trinajstić information content (AvgIpc) is 2.61. The molecule has 0 bridgehead atoms. The molecule has 0 aromatic heterocycles. The van der Waals surface area contributed by atoms with E-state index in [1.807, 2.05) is 19.9 Å². The van der Waals surface area contributed by atoms with E-state index in [2.05, 4.69) is 0 Å². The zero-order chi connectivity index (χ0) is 19.6. The van der Waals surface area contributed by atoms with E-state index in [0.717, 1.165) is 11.1 Å². The Morgan fingerprint density at radius 2 is 1.59 bits per heavy atom. The monoisotopic (exact) mass is 403 g/mol. The zero-order valence-corrected chi connectivity index (χ0v) is 16.6. The van der Waals surface area contributed by atoms with E-state index in [4.69, 9.17) is 11.6 Å². The third kappa shape index (κ3) is 4.15. The van der Waals surface area contributed by atoms with E-state index in [0.29, 0.717) is 5.69 Å². The van der Waals surface area contributed by atoms with Gasteiger partial charge in [-0.2, -0.15) is 0 Å². The fourth-order valence-electron chi connectivity index (χ4n) is 2.76. The lowest BCUT2D eigenvalue weighted by molar-refractivity contribution is 0.585. The fraction of sp³-hybridized carbons (Fsp3) is 0.143. The number of anilines is 1. The van der Waals surface area contributed by atoms with Gasteiger partial charge >= 0.3 is 0 Å². The van der Waals surface area contributed by atoms with E-state index in [9.17, 15) is 12.8 Å². The molecule has 0 atom stereocenters. The van der Waals surface area contributed by atoms with Crippen LogP contribution >= 0.6 is 11.6 Å². The maximum Gasteiger partial charge on any atom is 0.264 e. The number of aryl methyl sites for hydroxylation is 2. The summed E-state index contributed by atoms with van der Waals surface area (Å²) in [6.07, 6.45) is 0. The molecule has 0 heterocycles. The minimum atomic E-state index is -3.91. The highest BCUT2D eigenvalue weighted by molar-refractivity contribution is 7.92. The molecule has 0 saturated carbocycles. The molecule has 3 aromatic carbocycles. The number of rotatable bonds is 5. The summed E-state index contributed by atoms with van der Waals surface area (Å²) in [7, 11) is -3.91. The molecule has 3 nitrogen and oxygen atoms in total. The summed E-state index contributed by atoms with van der Waals surface area (Å²) in [5.41, 5.74) is 2.44. The molecule has 0 N–H and O–H groups in total. The molecule has 0 radical (unpaired) electrons. The van der Waals surface area contributed by atoms with Crippen molar-refractivity contribution in [3.63, 3.8) is 0 Å². The lowest BCUT2D eigenvalue weighted by Gasteiger charge is -2.25. The van der Waals surface area contributed by atoms with Gasteiger partial charge in [0.05, 0.1) is 17.1 Å². The maximum atomic E-state index is 14.3. The lowest BCUT2D eigenvalue weighted by Crippen LogP contribution is -2.31. The Bertz CT molecular complexity index is 1050. The number of hydrogen-bond donors (Lipinski definition) is 0. The minimum absolute atomic E-state index is 0.136. The molecule has 0 amide bonds. The minimum Gasteiger partial charge on any atom is -0.262 e. The second-order valence-corrected chi connectivity index (χ2v) is 8.63. The summed E-state index contributed by atoms with van der Waals surface area (Å²) < 4.78 is 42.2. The summed E-state index contributed by atoms with van der Waals surface area (Å²) in [6, 6.07) is 18.0. The summed E-state index contributed by atoms with van der Waals surface area (Å²) in [5, 5.41) is 0.187. The molecule has 3 aromatic rings. The molecule has 0 unspecified atom stereocenters. The first-order chi connectivity index (χ1) is 12.8. The standard InChI is InChI=1S/C21H19ClFNO2S/c1-15-9-11-18(12-10-15)27(25,26)24(17-6-3-5-16(2)13-17)14-19-20(22)7-4-8-21(19)23/h3-13H,14H2,1-2H3. The smallest absolute Gasteiger partial charge is 0.262 e. The van der Waals surface area contributed by atoms with E-state index in [-0.39, 0.29) is 22.0 Å². The molecule has 6 heteroatoms. The highest BCUT2D eigenvalue weighted by Crippen LogP contribution is 2.30. The highest BCUT2D eigenvalue weighted by atomic mass is 35.5. The van der Waals surface area contributed by atoms with Gasteiger partial charge in [-0.15, -0.1) is 0 Å². The highest BCUT2D eigenvalue weighted by Gasteiger charge is 2.27. The molecule has 27 heavy (non-hydrogen) atoms. The molecule has 140 valence electrons. The molecule has 0 fully saturated rings. The summed E-state index contributed by atoms with van der Waals surface area (Å²) >= 11 is 6.15. The third-order valence-electron chi connectivity index (χ3n) is 4.26. The Morgan fingerprint density at radius 3 is 2.22 bits per heavy atom. The molecule has 0 aliphatic carbocycles. The van der Waals surface area contributed by atoms with Gasteiger partial charge in [-0.1, -0.05) is 47.5 Å². The van der Waals surface area contributed by atoms with Crippen LogP contribution in [0.15, 0.2) is 71.6 Å². The maximum absolute atomic E-state index is 14.3. The quantitative estimate of drug-likeness (QED) is 0.564. The van der Waals surface area contributed by atoms with E-state index in [1.54, 1.807) is 48.5 Å². The van der Waals surface area contributed by atoms with Gasteiger partial charge in [0.25, 0.3) is 10.0 Å². The van der Waals surface area contributed by atoms with E-state index in [1.165, 1.54) is 16.4 Å². The van der Waals surface area contributed by atoms with Crippen LogP contribution in [-0.4, -0.2) is 8.42 Å². The lowest BCUT2D eigenvalue weighted by atomic mass is 10.2. The van der Waals surface area contributed by atoms with E-state index < -0.39 is 15.8 Å². The number of hydrogen-bond acceptors (Lipinski definition) is 2. The summed E-state index contributed by atoms with van der Waals surface area (Å²) in [6.45, 7) is 3.55. The van der Waals surface area contributed by atoms with Crippen LogP contribution in [0.2, 0.25) is 5.02 Å². The topological polar surface area (TPSA) is 37.4 Å². The Morgan fingerprint density at radius 1 is 0.926 bits per heavy atom. The third-order valence-corrected chi connectivity index (χ3v) is 6.40. The van der Waals surface area contributed by atoms with Gasteiger partial charge in [-0.05, 0) is 55.8 Å². The summed E-state index contributed by atoms with van der Waals surface area (Å²) in [4.78, 5) is 0.141. The Balaban J connectivity index is 2.14. The molecule has 0 spiro atoms. The second kappa shape index (κ2) is 7.71. The van der Waals surface area contributed by atoms with Gasteiger partial charge in [0.1, 0.15) is 5.82 Å². The van der Waals surface area contributed by atoms with Gasteiger partial charge in [-0.3, -0.25) is 4.31 Å². The predicted molar refractivity (Wildman–Crippen MR) is 107 cm³/mol. The Hall–Kier alpha value is -2.37. The van der Waals surface area contributed by atoms with Crippen molar-refractivity contribution in [2.24, 2.45) is 0 Å². The second-order valence-electron chi connectivity index (χ2n) is 6.36. The van der Waals surface area contributed by atoms with E-state index >= 15 is 0 Å². The van der Waals surface area contributed by atoms with Crippen molar-refractivity contribution < 1.29 is 12.8 Å². The van der Waals surface area contributed by atoms with Crippen LogP contribution in [0.4, 0.5) is 10.1 Å². The van der Waals surface area contributed by atoms with Crippen LogP contribution in [-0.2, 0) is 16.6 Å². The van der Waals surface area contributed by atoms with Crippen LogP contribution in [0.3, 0.4) is 0 Å². The molecular formula is C21H19ClFNO2S. The SMILES string of the molecule is Cc1ccc(S(=O)(=O)N(Cc2c(F)cccc2Cl)c2cccc(C)c2)cc1. The van der Waals surface area contributed by atoms with Gasteiger partial charge in [0.2, 0.25) is 0 Å². The first-order valence-corrected chi connectivity index (χ1v) is 10.2. The average molecular weight is 404 g/mol. The zero-order valence-electron chi connectivity index (χ0n) is 15.0. The van der Waals surface area contributed by atoms with Gasteiger partial charge in [0, 0.05) is 10.6 Å². The molecule has 0 aliphatic rings. The van der Waals surface area contributed by atoms with Crippen LogP contribution in [0.25, 0.3) is 0 Å². The van der Waals surface area contributed by atoms with Gasteiger partial charge in [0.15, 0.2) is 0 Å². The largest absolute Gasteiger partial charge is 0.264 e. The van der Waals surface area contributed by atoms with Crippen molar-refractivity contribution in [3.8, 4) is 0 Å². The van der Waals surface area contributed by atoms with Gasteiger partial charge in [-0.25, -0.2) is 12.8 Å². The number of sulfonamides is 1. The Kier molecular flexibility index (Phi) is 5.53. The van der Waals surface area contributed by atoms with Crippen molar-refractivity contribution >= 4 is 27.3 Å². The first kappa shape index (κ1) is 19.4. The van der Waals surface area contributed by atoms with Crippen LogP contribution in [0.1, 0.15) is 16.7 Å². The van der Waals surface area contributed by atoms with Crippen molar-refractivity contribution in [1.82, 2.24) is 0 Å². The van der Waals surface area contributed by atoms with Crippen LogP contribution in [0.5, 0.6) is 0 Å². The Labute approximate surface area is 164 Å². The van der Waals surface area contributed by atoms with Crippen LogP contribution < -0.4 is 4.31 Å². The number of nitrogens with zero attached hydrogens (tertiary/aromatic N) is 1. The molecular weight excluding hydrogens is 385 g/mol. The van der Waals surface area contributed by atoms with Crippen molar-refractivity contribution in [1.29, 1.82) is 0 Å².